The van der Waals surface area contributed by atoms with Gasteiger partial charge in [0.25, 0.3) is 0 Å². The van der Waals surface area contributed by atoms with Gasteiger partial charge in [-0.2, -0.15) is 0 Å². The van der Waals surface area contributed by atoms with Crippen LogP contribution in [-0.4, -0.2) is 28.2 Å². The molecule has 0 radical (unpaired) electrons. The van der Waals surface area contributed by atoms with Gasteiger partial charge in [0.1, 0.15) is 0 Å². The van der Waals surface area contributed by atoms with Gasteiger partial charge in [0, 0.05) is 82.0 Å². The second-order valence-corrected chi connectivity index (χ2v) is 14.4. The molecule has 11 heterocycles. The molecule has 0 saturated carbocycles. The van der Waals surface area contributed by atoms with Gasteiger partial charge in [-0.15, -0.1) is 0 Å². The SMILES string of the molecule is Cc1cccc2[nH]c3c(c12)c1c2c4c5c([nH]c6cccc(c65)c5ccc6c7[nH]c8cccc9c8c7c(c1n1c9ccc31)c4n56)c1cccn12. The monoisotopic (exact) mass is 622 g/mol. The molecule has 11 aromatic heterocycles. The summed E-state index contributed by atoms with van der Waals surface area (Å²) < 4.78 is 7.65. The fourth-order valence-electron chi connectivity index (χ4n) is 10.7. The van der Waals surface area contributed by atoms with Crippen LogP contribution in [-0.2, 0) is 0 Å². The Morgan fingerprint density at radius 2 is 0.878 bits per heavy atom. The molecule has 15 rings (SSSR count). The van der Waals surface area contributed by atoms with Crippen molar-refractivity contribution >= 4 is 136 Å². The van der Waals surface area contributed by atoms with Crippen molar-refractivity contribution in [3.63, 3.8) is 0 Å². The summed E-state index contributed by atoms with van der Waals surface area (Å²) in [5.41, 5.74) is 18.4. The van der Waals surface area contributed by atoms with Gasteiger partial charge in [-0.05, 0) is 67.1 Å². The van der Waals surface area contributed by atoms with Crippen molar-refractivity contribution in [2.45, 2.75) is 6.92 Å². The lowest BCUT2D eigenvalue weighted by Gasteiger charge is -2.19. The number of hydrogen-bond donors (Lipinski definition) is 3. The molecule has 0 fully saturated rings. The van der Waals surface area contributed by atoms with Crippen LogP contribution in [0.5, 0.6) is 0 Å². The van der Waals surface area contributed by atoms with E-state index in [2.05, 4.69) is 132 Å². The van der Waals surface area contributed by atoms with Crippen molar-refractivity contribution in [1.82, 2.24) is 28.2 Å². The normalized spacial score (nSPS) is 13.8. The number of rotatable bonds is 0. The van der Waals surface area contributed by atoms with Crippen molar-refractivity contribution in [3.8, 4) is 0 Å². The van der Waals surface area contributed by atoms with Crippen molar-refractivity contribution < 1.29 is 0 Å². The molecule has 15 aromatic rings. The number of nitrogens with one attached hydrogen (secondary N) is 3. The smallest absolute Gasteiger partial charge is 0.0717 e. The summed E-state index contributed by atoms with van der Waals surface area (Å²) in [6.45, 7) is 2.26. The van der Waals surface area contributed by atoms with Crippen LogP contribution >= 0.6 is 0 Å². The van der Waals surface area contributed by atoms with Crippen molar-refractivity contribution in [1.29, 1.82) is 0 Å². The molecule has 49 heavy (non-hydrogen) atoms. The van der Waals surface area contributed by atoms with Gasteiger partial charge >= 0.3 is 0 Å². The average Bonchev–Trinajstić information content (AvgIpc) is 3.95. The fraction of sp³-hybridized carbons (Fsp3) is 0.0233. The zero-order valence-corrected chi connectivity index (χ0v) is 26.1. The van der Waals surface area contributed by atoms with E-state index in [1.807, 2.05) is 0 Å². The number of aryl methyl sites for hydroxylation is 1. The number of fused-ring (bicyclic) bond motifs is 12. The quantitative estimate of drug-likeness (QED) is 0.141. The standard InChI is InChI=1S/C43H22N6/c1-18-6-2-9-21-29(18)32-35-41-36-33-30-19(7-3-10-22(30)45-38(33)26-12-5-17-47(26)41)24-14-16-28-40-34-31-20(8-4-11-23(31)46-40)25-13-15-27(39(32)44-21)48(25)42(35)37(34)43(36)49(24)28/h2-17,44-46H,1H3. The third-order valence-corrected chi connectivity index (χ3v) is 12.4. The van der Waals surface area contributed by atoms with Crippen LogP contribution < -0.4 is 0 Å². The molecule has 0 spiro atoms. The third-order valence-electron chi connectivity index (χ3n) is 12.4. The minimum atomic E-state index is 1.18. The summed E-state index contributed by atoms with van der Waals surface area (Å²) in [5.74, 6) is 0. The Hall–Kier alpha value is -6.66. The Balaban J connectivity index is 1.52. The van der Waals surface area contributed by atoms with E-state index in [4.69, 9.17) is 0 Å². The first-order valence-corrected chi connectivity index (χ1v) is 17.1. The van der Waals surface area contributed by atoms with Crippen LogP contribution in [0.4, 0.5) is 0 Å². The lowest BCUT2D eigenvalue weighted by atomic mass is 9.93. The van der Waals surface area contributed by atoms with E-state index in [-0.39, 0.29) is 0 Å². The molecule has 0 aliphatic rings. The Morgan fingerprint density at radius 1 is 0.388 bits per heavy atom. The minimum absolute atomic E-state index is 1.18. The summed E-state index contributed by atoms with van der Waals surface area (Å²) in [6, 6.07) is 34.1. The summed E-state index contributed by atoms with van der Waals surface area (Å²) in [7, 11) is 0. The molecule has 0 bridgehead atoms. The number of benzene rings is 4. The average molecular weight is 623 g/mol. The number of H-pyrrole nitrogens is 3. The Labute approximate surface area is 273 Å². The molecule has 224 valence electrons. The van der Waals surface area contributed by atoms with E-state index in [0.717, 1.165) is 0 Å². The molecule has 6 nitrogen and oxygen atoms in total. The fourth-order valence-corrected chi connectivity index (χ4v) is 10.7. The highest BCUT2D eigenvalue weighted by atomic mass is 15.0. The van der Waals surface area contributed by atoms with Gasteiger partial charge in [0.15, 0.2) is 0 Å². The van der Waals surface area contributed by atoms with Crippen LogP contribution in [0, 0.1) is 6.92 Å². The van der Waals surface area contributed by atoms with E-state index < -0.39 is 0 Å². The summed E-state index contributed by atoms with van der Waals surface area (Å²) in [6.07, 6.45) is 2.27. The zero-order chi connectivity index (χ0) is 31.2. The summed E-state index contributed by atoms with van der Waals surface area (Å²) in [5, 5.41) is 14.3. The topological polar surface area (TPSA) is 60.6 Å². The molecule has 0 unspecified atom stereocenters. The van der Waals surface area contributed by atoms with Crippen molar-refractivity contribution in [3.05, 3.63) is 103 Å². The summed E-state index contributed by atoms with van der Waals surface area (Å²) in [4.78, 5) is 11.8. The third kappa shape index (κ3) is 2.08. The molecule has 0 aliphatic carbocycles. The van der Waals surface area contributed by atoms with Crippen LogP contribution in [0.15, 0.2) is 97.2 Å². The van der Waals surface area contributed by atoms with Crippen LogP contribution in [0.2, 0.25) is 0 Å². The maximum absolute atomic E-state index is 3.96. The number of nitrogens with zero attached hydrogens (tertiary/aromatic N) is 3. The van der Waals surface area contributed by atoms with E-state index in [0.29, 0.717) is 0 Å². The van der Waals surface area contributed by atoms with E-state index in [1.165, 1.54) is 142 Å². The lowest BCUT2D eigenvalue weighted by molar-refractivity contribution is 1.28. The maximum Gasteiger partial charge on any atom is 0.0717 e. The van der Waals surface area contributed by atoms with E-state index in [1.54, 1.807) is 0 Å². The Kier molecular flexibility index (Phi) is 3.17. The second kappa shape index (κ2) is 6.82. The predicted molar refractivity (Wildman–Crippen MR) is 204 cm³/mol. The molecule has 4 aromatic carbocycles. The Bertz CT molecular complexity index is 3960. The van der Waals surface area contributed by atoms with Crippen molar-refractivity contribution in [2.24, 2.45) is 0 Å². The molecule has 0 atom stereocenters. The molecule has 0 amide bonds. The number of pyridine rings is 3. The molecule has 0 aliphatic heterocycles. The molecule has 3 N–H and O–H groups in total. The first-order valence-electron chi connectivity index (χ1n) is 17.1. The molecular weight excluding hydrogens is 601 g/mol. The van der Waals surface area contributed by atoms with Gasteiger partial charge < -0.3 is 28.2 Å². The number of aromatic nitrogens is 6. The van der Waals surface area contributed by atoms with Crippen molar-refractivity contribution in [2.75, 3.05) is 0 Å². The van der Waals surface area contributed by atoms with Gasteiger partial charge in [0.05, 0.1) is 60.7 Å². The highest BCUT2D eigenvalue weighted by molar-refractivity contribution is 6.48. The van der Waals surface area contributed by atoms with E-state index in [9.17, 15) is 0 Å². The van der Waals surface area contributed by atoms with Gasteiger partial charge in [-0.25, -0.2) is 0 Å². The minimum Gasteiger partial charge on any atom is -0.353 e. The molecule has 0 saturated heterocycles. The maximum atomic E-state index is 3.96. The van der Waals surface area contributed by atoms with Gasteiger partial charge in [0.2, 0.25) is 0 Å². The predicted octanol–water partition coefficient (Wildman–Crippen LogP) is 11.2. The first kappa shape index (κ1) is 22.8. The highest BCUT2D eigenvalue weighted by Gasteiger charge is 2.31. The van der Waals surface area contributed by atoms with Gasteiger partial charge in [-0.3, -0.25) is 0 Å². The number of hydrogen-bond acceptors (Lipinski definition) is 0. The van der Waals surface area contributed by atoms with Crippen LogP contribution in [0.25, 0.3) is 136 Å². The largest absolute Gasteiger partial charge is 0.353 e. The van der Waals surface area contributed by atoms with Crippen LogP contribution in [0.3, 0.4) is 0 Å². The lowest BCUT2D eigenvalue weighted by Crippen LogP contribution is -2.00. The molecule has 6 heteroatoms. The van der Waals surface area contributed by atoms with E-state index >= 15 is 0 Å². The second-order valence-electron chi connectivity index (χ2n) is 14.4. The summed E-state index contributed by atoms with van der Waals surface area (Å²) >= 11 is 0. The highest BCUT2D eigenvalue weighted by Crippen LogP contribution is 2.54. The van der Waals surface area contributed by atoms with Crippen LogP contribution in [0.1, 0.15) is 5.56 Å². The Morgan fingerprint density at radius 3 is 1.49 bits per heavy atom. The molecular formula is C43H22N6. The first-order chi connectivity index (χ1) is 24.3. The number of aromatic amines is 3. The van der Waals surface area contributed by atoms with Gasteiger partial charge in [-0.1, -0.05) is 36.4 Å². The zero-order valence-electron chi connectivity index (χ0n) is 26.1.